The third-order valence-electron chi connectivity index (χ3n) is 2.99. The summed E-state index contributed by atoms with van der Waals surface area (Å²) < 4.78 is 31.3. The van der Waals surface area contributed by atoms with E-state index in [2.05, 4.69) is 20.3 Å². The average molecular weight is 371 g/mol. The fraction of sp³-hybridized carbons (Fsp3) is 0.500. The molecule has 0 saturated carbocycles. The second kappa shape index (κ2) is 8.51. The summed E-state index contributed by atoms with van der Waals surface area (Å²) in [5, 5.41) is 0.486. The normalized spacial score (nSPS) is 13.1. The predicted molar refractivity (Wildman–Crippen MR) is 92.0 cm³/mol. The molecule has 0 bridgehead atoms. The van der Waals surface area contributed by atoms with Gasteiger partial charge in [-0.2, -0.15) is 0 Å². The van der Waals surface area contributed by atoms with E-state index in [4.69, 9.17) is 4.74 Å². The van der Waals surface area contributed by atoms with Gasteiger partial charge in [-0.15, -0.1) is 0 Å². The molecule has 0 aliphatic heterocycles. The summed E-state index contributed by atoms with van der Waals surface area (Å²) in [7, 11) is -3.08. The van der Waals surface area contributed by atoms with E-state index >= 15 is 0 Å². The summed E-state index contributed by atoms with van der Waals surface area (Å²) >= 11 is 0. The van der Waals surface area contributed by atoms with Crippen LogP contribution in [0.5, 0.6) is 0 Å². The second-order valence-corrected chi connectivity index (χ2v) is 6.84. The number of anilines is 1. The van der Waals surface area contributed by atoms with Crippen LogP contribution in [0.1, 0.15) is 25.2 Å². The number of hydrogen-bond acceptors (Lipinski definition) is 8. The van der Waals surface area contributed by atoms with Gasteiger partial charge in [0.1, 0.15) is 0 Å². The molecule has 0 fully saturated rings. The van der Waals surface area contributed by atoms with Gasteiger partial charge in [-0.3, -0.25) is 15.1 Å². The molecule has 10 nitrogen and oxygen atoms in total. The summed E-state index contributed by atoms with van der Waals surface area (Å²) in [6.45, 7) is 6.28. The van der Waals surface area contributed by atoms with Crippen LogP contribution in [0.25, 0.3) is 0 Å². The fourth-order valence-corrected chi connectivity index (χ4v) is 3.26. The first kappa shape index (κ1) is 20.5. The summed E-state index contributed by atoms with van der Waals surface area (Å²) in [4.78, 5) is 35.6. The van der Waals surface area contributed by atoms with Crippen molar-refractivity contribution in [2.75, 3.05) is 19.0 Å². The Bertz CT molecular complexity index is 771. The fourth-order valence-electron chi connectivity index (χ4n) is 1.95. The van der Waals surface area contributed by atoms with E-state index < -0.39 is 27.3 Å². The van der Waals surface area contributed by atoms with Gasteiger partial charge in [0.05, 0.1) is 6.61 Å². The SMILES string of the molecule is CCOC(=O)C(C(C)=NC)S(=O)(=O)NC(=O)Nc1nc(C)cc(C)n1. The van der Waals surface area contributed by atoms with E-state index in [-0.39, 0.29) is 18.3 Å². The molecule has 138 valence electrons. The zero-order valence-electron chi connectivity index (χ0n) is 14.7. The molecular weight excluding hydrogens is 350 g/mol. The molecule has 25 heavy (non-hydrogen) atoms. The topological polar surface area (TPSA) is 140 Å². The Morgan fingerprint density at radius 1 is 1.28 bits per heavy atom. The number of rotatable bonds is 6. The van der Waals surface area contributed by atoms with Crippen molar-refractivity contribution in [2.24, 2.45) is 4.99 Å². The highest BCUT2D eigenvalue weighted by atomic mass is 32.2. The van der Waals surface area contributed by atoms with Gasteiger partial charge in [0, 0.05) is 24.1 Å². The van der Waals surface area contributed by atoms with Crippen LogP contribution in [0.15, 0.2) is 11.1 Å². The number of aryl methyl sites for hydroxylation is 2. The van der Waals surface area contributed by atoms with Crippen LogP contribution in [0.4, 0.5) is 10.7 Å². The van der Waals surface area contributed by atoms with E-state index in [9.17, 15) is 18.0 Å². The minimum Gasteiger partial charge on any atom is -0.465 e. The second-order valence-electron chi connectivity index (χ2n) is 5.07. The van der Waals surface area contributed by atoms with Crippen LogP contribution in [-0.2, 0) is 19.6 Å². The Morgan fingerprint density at radius 3 is 2.32 bits per heavy atom. The number of esters is 1. The number of sulfonamides is 1. The first-order valence-electron chi connectivity index (χ1n) is 7.35. The van der Waals surface area contributed by atoms with E-state index in [0.29, 0.717) is 11.4 Å². The minimum absolute atomic E-state index is 0.00947. The number of hydrogen-bond donors (Lipinski definition) is 2. The summed E-state index contributed by atoms with van der Waals surface area (Å²) in [6, 6.07) is 0.598. The van der Waals surface area contributed by atoms with Crippen LogP contribution in [0.2, 0.25) is 0 Å². The van der Waals surface area contributed by atoms with Crippen molar-refractivity contribution in [1.82, 2.24) is 14.7 Å². The van der Waals surface area contributed by atoms with Crippen molar-refractivity contribution in [3.05, 3.63) is 17.5 Å². The number of aromatic nitrogens is 2. The van der Waals surface area contributed by atoms with E-state index in [1.165, 1.54) is 20.9 Å². The van der Waals surface area contributed by atoms with E-state index in [0.717, 1.165) is 0 Å². The van der Waals surface area contributed by atoms with Crippen molar-refractivity contribution >= 4 is 33.7 Å². The molecule has 1 atom stereocenters. The number of urea groups is 1. The molecule has 11 heteroatoms. The smallest absolute Gasteiger partial charge is 0.335 e. The van der Waals surface area contributed by atoms with Gasteiger partial charge in [0.2, 0.25) is 11.2 Å². The molecule has 0 aliphatic carbocycles. The van der Waals surface area contributed by atoms with Crippen LogP contribution in [0, 0.1) is 13.8 Å². The Morgan fingerprint density at radius 2 is 1.84 bits per heavy atom. The molecule has 0 spiro atoms. The number of aliphatic imine (C=N–C) groups is 1. The van der Waals surface area contributed by atoms with Gasteiger partial charge in [-0.25, -0.2) is 27.9 Å². The minimum atomic E-state index is -4.42. The summed E-state index contributed by atoms with van der Waals surface area (Å²) in [5.74, 6) is -1.08. The number of amides is 2. The number of carbonyl (C=O) groups excluding carboxylic acids is 2. The molecule has 1 heterocycles. The Kier molecular flexibility index (Phi) is 6.97. The Hall–Kier alpha value is -2.56. The summed E-state index contributed by atoms with van der Waals surface area (Å²) in [6.07, 6.45) is 0. The van der Waals surface area contributed by atoms with Crippen molar-refractivity contribution in [2.45, 2.75) is 32.9 Å². The van der Waals surface area contributed by atoms with Crippen LogP contribution in [0.3, 0.4) is 0 Å². The van der Waals surface area contributed by atoms with E-state index in [1.54, 1.807) is 24.6 Å². The van der Waals surface area contributed by atoms with Crippen molar-refractivity contribution in [3.8, 4) is 0 Å². The molecular formula is C14H21N5O5S. The molecule has 0 aromatic carbocycles. The summed E-state index contributed by atoms with van der Waals surface area (Å²) in [5.41, 5.74) is 1.19. The number of ether oxygens (including phenoxy) is 1. The standard InChI is InChI=1S/C14H21N5O5S/c1-6-24-12(20)11(10(4)15-5)25(22,23)19-14(21)18-13-16-8(2)7-9(3)17-13/h7,11H,6H2,1-5H3,(H2,16,17,18,19,21). The maximum atomic E-state index is 12.4. The highest BCUT2D eigenvalue weighted by Gasteiger charge is 2.37. The lowest BCUT2D eigenvalue weighted by Crippen LogP contribution is -2.48. The molecule has 1 unspecified atom stereocenters. The number of nitrogens with one attached hydrogen (secondary N) is 2. The first-order chi connectivity index (χ1) is 11.6. The molecule has 0 radical (unpaired) electrons. The van der Waals surface area contributed by atoms with Gasteiger partial charge in [-0.05, 0) is 33.8 Å². The Balaban J connectivity index is 2.99. The van der Waals surface area contributed by atoms with Gasteiger partial charge in [0.25, 0.3) is 10.0 Å². The molecule has 1 rings (SSSR count). The zero-order chi connectivity index (χ0) is 19.2. The highest BCUT2D eigenvalue weighted by molar-refractivity contribution is 7.92. The van der Waals surface area contributed by atoms with E-state index in [1.807, 2.05) is 0 Å². The quantitative estimate of drug-likeness (QED) is 0.550. The largest absolute Gasteiger partial charge is 0.465 e. The molecule has 1 aromatic rings. The third kappa shape index (κ3) is 5.78. The number of carbonyl (C=O) groups is 2. The van der Waals surface area contributed by atoms with Crippen molar-refractivity contribution < 1.29 is 22.7 Å². The lowest BCUT2D eigenvalue weighted by molar-refractivity contribution is -0.141. The average Bonchev–Trinajstić information content (AvgIpc) is 2.44. The zero-order valence-corrected chi connectivity index (χ0v) is 15.5. The Labute approximate surface area is 146 Å². The number of nitrogens with zero attached hydrogens (tertiary/aromatic N) is 3. The lowest BCUT2D eigenvalue weighted by atomic mass is 10.3. The highest BCUT2D eigenvalue weighted by Crippen LogP contribution is 2.08. The maximum Gasteiger partial charge on any atom is 0.335 e. The maximum absolute atomic E-state index is 12.4. The van der Waals surface area contributed by atoms with Gasteiger partial charge in [0.15, 0.2) is 0 Å². The first-order valence-corrected chi connectivity index (χ1v) is 8.90. The van der Waals surface area contributed by atoms with Gasteiger partial charge in [-0.1, -0.05) is 0 Å². The molecule has 1 aromatic heterocycles. The van der Waals surface area contributed by atoms with Crippen molar-refractivity contribution in [3.63, 3.8) is 0 Å². The van der Waals surface area contributed by atoms with Crippen molar-refractivity contribution in [1.29, 1.82) is 0 Å². The molecule has 0 saturated heterocycles. The third-order valence-corrected chi connectivity index (χ3v) is 4.61. The van der Waals surface area contributed by atoms with Gasteiger partial charge >= 0.3 is 12.0 Å². The molecule has 2 N–H and O–H groups in total. The monoisotopic (exact) mass is 371 g/mol. The van der Waals surface area contributed by atoms with Crippen LogP contribution >= 0.6 is 0 Å². The lowest BCUT2D eigenvalue weighted by Gasteiger charge is -2.16. The van der Waals surface area contributed by atoms with Crippen LogP contribution in [-0.4, -0.2) is 55.0 Å². The van der Waals surface area contributed by atoms with Gasteiger partial charge < -0.3 is 4.74 Å². The predicted octanol–water partition coefficient (Wildman–Crippen LogP) is 0.567. The molecule has 2 amide bonds. The molecule has 0 aliphatic rings. The van der Waals surface area contributed by atoms with Crippen LogP contribution < -0.4 is 10.0 Å².